The Morgan fingerprint density at radius 1 is 1.43 bits per heavy atom. The molecule has 0 bridgehead atoms. The van der Waals surface area contributed by atoms with Gasteiger partial charge in [0.15, 0.2) is 0 Å². The minimum Gasteiger partial charge on any atom is -0.397 e. The van der Waals surface area contributed by atoms with Gasteiger partial charge in [-0.2, -0.15) is 5.10 Å². The van der Waals surface area contributed by atoms with Gasteiger partial charge in [0, 0.05) is 13.0 Å². The van der Waals surface area contributed by atoms with Crippen LogP contribution in [0, 0.1) is 6.92 Å². The van der Waals surface area contributed by atoms with Crippen LogP contribution in [0.1, 0.15) is 17.8 Å². The van der Waals surface area contributed by atoms with Gasteiger partial charge in [-0.05, 0) is 31.0 Å². The predicted molar refractivity (Wildman–Crippen MR) is 80.5 cm³/mol. The summed E-state index contributed by atoms with van der Waals surface area (Å²) in [5.41, 5.74) is 6.45. The van der Waals surface area contributed by atoms with E-state index in [1.165, 1.54) is 12.4 Å². The number of aromatic nitrogens is 3. The van der Waals surface area contributed by atoms with E-state index in [1.807, 2.05) is 0 Å². The molecular weight excluding hydrogens is 314 g/mol. The third-order valence-electron chi connectivity index (χ3n) is 2.93. The molecule has 0 radical (unpaired) electrons. The molecule has 0 atom stereocenters. The van der Waals surface area contributed by atoms with Crippen LogP contribution >= 0.6 is 11.6 Å². The van der Waals surface area contributed by atoms with Crippen molar-refractivity contribution in [2.24, 2.45) is 0 Å². The molecule has 1 aromatic heterocycles. The van der Waals surface area contributed by atoms with Gasteiger partial charge in [-0.25, -0.2) is 18.1 Å². The topological polar surface area (TPSA) is 114 Å². The van der Waals surface area contributed by atoms with Crippen LogP contribution in [0.4, 0.5) is 5.69 Å². The largest absolute Gasteiger partial charge is 0.397 e. The predicted octanol–water partition coefficient (Wildman–Crippen LogP) is 1.26. The van der Waals surface area contributed by atoms with Crippen molar-refractivity contribution in [1.29, 1.82) is 0 Å². The van der Waals surface area contributed by atoms with Crippen molar-refractivity contribution in [3.63, 3.8) is 0 Å². The Hall–Kier alpha value is -1.64. The lowest BCUT2D eigenvalue weighted by atomic mass is 10.2. The smallest absolute Gasteiger partial charge is 0.240 e. The van der Waals surface area contributed by atoms with Crippen LogP contribution < -0.4 is 10.5 Å². The number of rotatable bonds is 6. The van der Waals surface area contributed by atoms with E-state index < -0.39 is 10.0 Å². The lowest BCUT2D eigenvalue weighted by Gasteiger charge is -2.10. The van der Waals surface area contributed by atoms with Gasteiger partial charge in [0.25, 0.3) is 0 Å². The Labute approximate surface area is 128 Å². The van der Waals surface area contributed by atoms with Crippen molar-refractivity contribution in [1.82, 2.24) is 19.9 Å². The van der Waals surface area contributed by atoms with Crippen molar-refractivity contribution >= 4 is 27.3 Å². The lowest BCUT2D eigenvalue weighted by molar-refractivity contribution is 0.577. The number of aromatic amines is 1. The minimum atomic E-state index is -3.61. The van der Waals surface area contributed by atoms with E-state index in [4.69, 9.17) is 17.3 Å². The number of aryl methyl sites for hydroxylation is 2. The van der Waals surface area contributed by atoms with Crippen molar-refractivity contribution in [3.05, 3.63) is 34.9 Å². The van der Waals surface area contributed by atoms with Gasteiger partial charge < -0.3 is 5.73 Å². The number of nitrogens with zero attached hydrogens (tertiary/aromatic N) is 2. The molecule has 0 saturated carbocycles. The van der Waals surface area contributed by atoms with Crippen LogP contribution in [0.25, 0.3) is 0 Å². The van der Waals surface area contributed by atoms with E-state index in [0.29, 0.717) is 30.0 Å². The van der Waals surface area contributed by atoms with E-state index in [2.05, 4.69) is 19.9 Å². The van der Waals surface area contributed by atoms with Gasteiger partial charge in [-0.3, -0.25) is 5.10 Å². The maximum absolute atomic E-state index is 12.2. The molecule has 1 heterocycles. The lowest BCUT2D eigenvalue weighted by Crippen LogP contribution is -2.26. The van der Waals surface area contributed by atoms with E-state index in [1.54, 1.807) is 13.0 Å². The molecule has 2 rings (SSSR count). The summed E-state index contributed by atoms with van der Waals surface area (Å²) in [7, 11) is -3.61. The summed E-state index contributed by atoms with van der Waals surface area (Å²) in [6.07, 6.45) is 2.64. The molecule has 1 aromatic carbocycles. The van der Waals surface area contributed by atoms with E-state index >= 15 is 0 Å². The monoisotopic (exact) mass is 329 g/mol. The molecular formula is C12H16ClN5O2S. The highest BCUT2D eigenvalue weighted by Crippen LogP contribution is 2.25. The molecule has 0 saturated heterocycles. The molecule has 0 spiro atoms. The van der Waals surface area contributed by atoms with Gasteiger partial charge >= 0.3 is 0 Å². The van der Waals surface area contributed by atoms with Crippen molar-refractivity contribution in [2.75, 3.05) is 12.3 Å². The molecule has 0 fully saturated rings. The zero-order chi connectivity index (χ0) is 15.5. The number of hydrogen-bond acceptors (Lipinski definition) is 5. The zero-order valence-corrected chi connectivity index (χ0v) is 13.0. The SMILES string of the molecule is Cc1cc(Cl)c(N)cc1S(=O)(=O)NCCCc1ncn[nH]1. The first-order valence-corrected chi connectivity index (χ1v) is 8.16. The van der Waals surface area contributed by atoms with Gasteiger partial charge in [-0.15, -0.1) is 0 Å². The molecule has 114 valence electrons. The Morgan fingerprint density at radius 2 is 2.19 bits per heavy atom. The number of nitrogen functional groups attached to an aromatic ring is 1. The Bertz CT molecular complexity index is 715. The molecule has 21 heavy (non-hydrogen) atoms. The van der Waals surface area contributed by atoms with Crippen molar-refractivity contribution in [2.45, 2.75) is 24.7 Å². The first kappa shape index (κ1) is 15.7. The Balaban J connectivity index is 2.00. The first-order valence-electron chi connectivity index (χ1n) is 6.29. The number of H-pyrrole nitrogens is 1. The number of sulfonamides is 1. The molecule has 0 aliphatic heterocycles. The first-order chi connectivity index (χ1) is 9.90. The molecule has 9 heteroatoms. The highest BCUT2D eigenvalue weighted by atomic mass is 35.5. The maximum atomic E-state index is 12.2. The van der Waals surface area contributed by atoms with Crippen molar-refractivity contribution < 1.29 is 8.42 Å². The minimum absolute atomic E-state index is 0.143. The molecule has 0 amide bonds. The number of benzene rings is 1. The second-order valence-electron chi connectivity index (χ2n) is 4.57. The van der Waals surface area contributed by atoms with Crippen molar-refractivity contribution in [3.8, 4) is 0 Å². The van der Waals surface area contributed by atoms with Crippen LogP contribution in [-0.4, -0.2) is 30.1 Å². The molecule has 4 N–H and O–H groups in total. The van der Waals surface area contributed by atoms with Gasteiger partial charge in [0.2, 0.25) is 10.0 Å². The standard InChI is InChI=1S/C12H16ClN5O2S/c1-8-5-9(13)10(14)6-11(8)21(19,20)17-4-2-3-12-15-7-16-18-12/h5-7,17H,2-4,14H2,1H3,(H,15,16,18). The quantitative estimate of drug-likeness (QED) is 0.545. The fourth-order valence-corrected chi connectivity index (χ4v) is 3.40. The van der Waals surface area contributed by atoms with Crippen LogP contribution in [0.2, 0.25) is 5.02 Å². The van der Waals surface area contributed by atoms with Crippen LogP contribution in [0.15, 0.2) is 23.4 Å². The van der Waals surface area contributed by atoms with Crippen LogP contribution in [-0.2, 0) is 16.4 Å². The summed E-state index contributed by atoms with van der Waals surface area (Å²) in [6, 6.07) is 2.91. The molecule has 0 aliphatic rings. The zero-order valence-electron chi connectivity index (χ0n) is 11.4. The summed E-state index contributed by atoms with van der Waals surface area (Å²) < 4.78 is 27.0. The molecule has 0 aliphatic carbocycles. The molecule has 0 unspecified atom stereocenters. The fourth-order valence-electron chi connectivity index (χ4n) is 1.85. The van der Waals surface area contributed by atoms with Gasteiger partial charge in [0.05, 0.1) is 15.6 Å². The second kappa shape index (κ2) is 6.42. The van der Waals surface area contributed by atoms with Crippen LogP contribution in [0.3, 0.4) is 0 Å². The average Bonchev–Trinajstić information content (AvgIpc) is 2.92. The number of anilines is 1. The Kier molecular flexibility index (Phi) is 4.81. The Morgan fingerprint density at radius 3 is 2.86 bits per heavy atom. The van der Waals surface area contributed by atoms with E-state index in [-0.39, 0.29) is 10.6 Å². The van der Waals surface area contributed by atoms with E-state index in [9.17, 15) is 8.42 Å². The number of nitrogens with one attached hydrogen (secondary N) is 2. The highest BCUT2D eigenvalue weighted by Gasteiger charge is 2.17. The highest BCUT2D eigenvalue weighted by molar-refractivity contribution is 7.89. The molecule has 7 nitrogen and oxygen atoms in total. The summed E-state index contributed by atoms with van der Waals surface area (Å²) in [5.74, 6) is 0.723. The third-order valence-corrected chi connectivity index (χ3v) is 4.86. The second-order valence-corrected chi connectivity index (χ2v) is 6.72. The third kappa shape index (κ3) is 3.93. The van der Waals surface area contributed by atoms with E-state index in [0.717, 1.165) is 5.82 Å². The van der Waals surface area contributed by atoms with Gasteiger partial charge in [-0.1, -0.05) is 11.6 Å². The number of halogens is 1. The number of hydrogen-bond donors (Lipinski definition) is 3. The summed E-state index contributed by atoms with van der Waals surface area (Å²) in [4.78, 5) is 4.11. The number of nitrogens with two attached hydrogens (primary N) is 1. The summed E-state index contributed by atoms with van der Waals surface area (Å²) in [5, 5.41) is 6.79. The molecule has 2 aromatic rings. The average molecular weight is 330 g/mol. The fraction of sp³-hybridized carbons (Fsp3) is 0.333. The maximum Gasteiger partial charge on any atom is 0.240 e. The van der Waals surface area contributed by atoms with Gasteiger partial charge in [0.1, 0.15) is 12.2 Å². The summed E-state index contributed by atoms with van der Waals surface area (Å²) in [6.45, 7) is 1.97. The summed E-state index contributed by atoms with van der Waals surface area (Å²) >= 11 is 5.86. The normalized spacial score (nSPS) is 11.7. The van der Waals surface area contributed by atoms with Crippen LogP contribution in [0.5, 0.6) is 0 Å².